The van der Waals surface area contributed by atoms with E-state index in [2.05, 4.69) is 63.4 Å². The van der Waals surface area contributed by atoms with Gasteiger partial charge in [-0.25, -0.2) is 0 Å². The van der Waals surface area contributed by atoms with E-state index in [-0.39, 0.29) is 0 Å². The molecule has 21 heavy (non-hydrogen) atoms. The summed E-state index contributed by atoms with van der Waals surface area (Å²) in [6.45, 7) is 12.8. The van der Waals surface area contributed by atoms with Crippen molar-refractivity contribution in [2.45, 2.75) is 53.6 Å². The van der Waals surface area contributed by atoms with Crippen LogP contribution in [0.1, 0.15) is 47.2 Å². The first-order valence-electron chi connectivity index (χ1n) is 7.81. The Morgan fingerprint density at radius 2 is 1.76 bits per heavy atom. The summed E-state index contributed by atoms with van der Waals surface area (Å²) < 4.78 is 2.04. The van der Waals surface area contributed by atoms with Crippen LogP contribution < -0.4 is 5.32 Å². The molecular weight excluding hydrogens is 258 g/mol. The Balaban J connectivity index is 2.31. The Kier molecular flexibility index (Phi) is 5.18. The average Bonchev–Trinajstić information content (AvgIpc) is 2.80. The highest BCUT2D eigenvalue weighted by Gasteiger charge is 2.17. The van der Waals surface area contributed by atoms with Gasteiger partial charge in [0.15, 0.2) is 0 Å². The molecule has 0 spiro atoms. The molecule has 1 heterocycles. The lowest BCUT2D eigenvalue weighted by molar-refractivity contribution is 0.436. The van der Waals surface area contributed by atoms with Crippen LogP contribution >= 0.6 is 0 Å². The van der Waals surface area contributed by atoms with Crippen LogP contribution in [0.2, 0.25) is 0 Å². The number of aryl methyl sites for hydroxylation is 4. The van der Waals surface area contributed by atoms with Gasteiger partial charge in [0.2, 0.25) is 0 Å². The monoisotopic (exact) mass is 285 g/mol. The first-order valence-corrected chi connectivity index (χ1v) is 7.81. The highest BCUT2D eigenvalue weighted by atomic mass is 15.3. The van der Waals surface area contributed by atoms with Crippen LogP contribution in [0, 0.1) is 27.7 Å². The minimum atomic E-state index is 0.310. The van der Waals surface area contributed by atoms with E-state index < -0.39 is 0 Å². The number of benzene rings is 1. The van der Waals surface area contributed by atoms with Crippen molar-refractivity contribution in [2.24, 2.45) is 0 Å². The van der Waals surface area contributed by atoms with Gasteiger partial charge in [0.05, 0.1) is 18.8 Å². The fraction of sp³-hybridized carbons (Fsp3) is 0.500. The number of rotatable bonds is 6. The van der Waals surface area contributed by atoms with Crippen molar-refractivity contribution in [1.82, 2.24) is 15.1 Å². The van der Waals surface area contributed by atoms with Crippen LogP contribution in [-0.4, -0.2) is 16.3 Å². The number of hydrogen-bond acceptors (Lipinski definition) is 2. The van der Waals surface area contributed by atoms with Gasteiger partial charge in [-0.1, -0.05) is 24.6 Å². The maximum Gasteiger partial charge on any atom is 0.0604 e. The Morgan fingerprint density at radius 1 is 1.10 bits per heavy atom. The van der Waals surface area contributed by atoms with Crippen LogP contribution in [0.5, 0.6) is 0 Å². The molecule has 1 unspecified atom stereocenters. The SMILES string of the molecule is CCCNC(Cn1cc(C)cn1)c1c(C)cc(C)cc1C. The van der Waals surface area contributed by atoms with Crippen molar-refractivity contribution in [2.75, 3.05) is 6.54 Å². The molecule has 0 bridgehead atoms. The van der Waals surface area contributed by atoms with Gasteiger partial charge in [0.1, 0.15) is 0 Å². The Bertz CT molecular complexity index is 575. The summed E-state index contributed by atoms with van der Waals surface area (Å²) in [4.78, 5) is 0. The van der Waals surface area contributed by atoms with Crippen molar-refractivity contribution in [3.8, 4) is 0 Å². The minimum Gasteiger partial charge on any atom is -0.308 e. The Labute approximate surface area is 128 Å². The molecule has 3 heteroatoms. The number of nitrogens with one attached hydrogen (secondary N) is 1. The summed E-state index contributed by atoms with van der Waals surface area (Å²) in [5, 5.41) is 8.13. The summed E-state index contributed by atoms with van der Waals surface area (Å²) in [6.07, 6.45) is 5.17. The molecule has 114 valence electrons. The zero-order valence-electron chi connectivity index (χ0n) is 13.9. The second kappa shape index (κ2) is 6.90. The summed E-state index contributed by atoms with van der Waals surface area (Å²) in [5.41, 5.74) is 6.69. The maximum atomic E-state index is 4.44. The Morgan fingerprint density at radius 3 is 2.29 bits per heavy atom. The van der Waals surface area contributed by atoms with E-state index in [0.717, 1.165) is 19.5 Å². The smallest absolute Gasteiger partial charge is 0.0604 e. The molecule has 0 saturated carbocycles. The van der Waals surface area contributed by atoms with Crippen LogP contribution in [0.4, 0.5) is 0 Å². The minimum absolute atomic E-state index is 0.310. The summed E-state index contributed by atoms with van der Waals surface area (Å²) in [7, 11) is 0. The number of aromatic nitrogens is 2. The fourth-order valence-electron chi connectivity index (χ4n) is 3.07. The van der Waals surface area contributed by atoms with Crippen molar-refractivity contribution < 1.29 is 0 Å². The first-order chi connectivity index (χ1) is 10.0. The van der Waals surface area contributed by atoms with Crippen molar-refractivity contribution in [1.29, 1.82) is 0 Å². The molecule has 2 aromatic rings. The predicted molar refractivity (Wildman–Crippen MR) is 88.7 cm³/mol. The van der Waals surface area contributed by atoms with Crippen LogP contribution in [-0.2, 0) is 6.54 Å². The molecule has 0 aliphatic rings. The number of hydrogen-bond donors (Lipinski definition) is 1. The van der Waals surface area contributed by atoms with E-state index in [4.69, 9.17) is 0 Å². The normalized spacial score (nSPS) is 12.6. The molecule has 2 rings (SSSR count). The van der Waals surface area contributed by atoms with Crippen LogP contribution in [0.25, 0.3) is 0 Å². The maximum absolute atomic E-state index is 4.44. The lowest BCUT2D eigenvalue weighted by Crippen LogP contribution is -2.28. The van der Waals surface area contributed by atoms with Gasteiger partial charge in [0.25, 0.3) is 0 Å². The number of nitrogens with zero attached hydrogens (tertiary/aromatic N) is 2. The van der Waals surface area contributed by atoms with Gasteiger partial charge in [-0.15, -0.1) is 0 Å². The van der Waals surface area contributed by atoms with Gasteiger partial charge in [-0.2, -0.15) is 5.10 Å². The summed E-state index contributed by atoms with van der Waals surface area (Å²) in [5.74, 6) is 0. The molecular formula is C18H27N3. The van der Waals surface area contributed by atoms with E-state index in [1.807, 2.05) is 10.9 Å². The van der Waals surface area contributed by atoms with Crippen LogP contribution in [0.15, 0.2) is 24.5 Å². The van der Waals surface area contributed by atoms with E-state index in [1.54, 1.807) is 0 Å². The predicted octanol–water partition coefficient (Wildman–Crippen LogP) is 3.86. The third-order valence-electron chi connectivity index (χ3n) is 3.86. The third kappa shape index (κ3) is 3.94. The Hall–Kier alpha value is -1.61. The van der Waals surface area contributed by atoms with Gasteiger partial charge in [-0.3, -0.25) is 4.68 Å². The van der Waals surface area contributed by atoms with Crippen molar-refractivity contribution >= 4 is 0 Å². The van der Waals surface area contributed by atoms with E-state index in [0.29, 0.717) is 6.04 Å². The molecule has 0 amide bonds. The van der Waals surface area contributed by atoms with Gasteiger partial charge < -0.3 is 5.32 Å². The zero-order valence-corrected chi connectivity index (χ0v) is 13.9. The molecule has 1 aromatic heterocycles. The molecule has 0 aliphatic carbocycles. The van der Waals surface area contributed by atoms with Crippen LogP contribution in [0.3, 0.4) is 0 Å². The molecule has 1 atom stereocenters. The summed E-state index contributed by atoms with van der Waals surface area (Å²) >= 11 is 0. The largest absolute Gasteiger partial charge is 0.308 e. The standard InChI is InChI=1S/C18H27N3/c1-6-7-19-17(12-21-11-14(3)10-20-21)18-15(4)8-13(2)9-16(18)5/h8-11,17,19H,6-7,12H2,1-5H3. The fourth-order valence-corrected chi connectivity index (χ4v) is 3.07. The lowest BCUT2D eigenvalue weighted by atomic mass is 9.94. The average molecular weight is 285 g/mol. The van der Waals surface area contributed by atoms with Gasteiger partial charge in [-0.05, 0) is 62.9 Å². The first kappa shape index (κ1) is 15.8. The second-order valence-electron chi connectivity index (χ2n) is 6.06. The van der Waals surface area contributed by atoms with E-state index in [1.165, 1.54) is 27.8 Å². The topological polar surface area (TPSA) is 29.9 Å². The summed E-state index contributed by atoms with van der Waals surface area (Å²) in [6, 6.07) is 4.86. The molecule has 1 aromatic carbocycles. The molecule has 1 N–H and O–H groups in total. The highest BCUT2D eigenvalue weighted by Crippen LogP contribution is 2.25. The zero-order chi connectivity index (χ0) is 15.4. The molecule has 0 radical (unpaired) electrons. The molecule has 3 nitrogen and oxygen atoms in total. The second-order valence-corrected chi connectivity index (χ2v) is 6.06. The highest BCUT2D eigenvalue weighted by molar-refractivity contribution is 5.39. The lowest BCUT2D eigenvalue weighted by Gasteiger charge is -2.23. The third-order valence-corrected chi connectivity index (χ3v) is 3.86. The van der Waals surface area contributed by atoms with Gasteiger partial charge in [0, 0.05) is 6.20 Å². The quantitative estimate of drug-likeness (QED) is 0.873. The van der Waals surface area contributed by atoms with Crippen molar-refractivity contribution in [3.63, 3.8) is 0 Å². The molecule has 0 fully saturated rings. The molecule has 0 saturated heterocycles. The van der Waals surface area contributed by atoms with Gasteiger partial charge >= 0.3 is 0 Å². The molecule has 0 aliphatic heterocycles. The van der Waals surface area contributed by atoms with E-state index >= 15 is 0 Å². The van der Waals surface area contributed by atoms with Crippen molar-refractivity contribution in [3.05, 3.63) is 52.3 Å². The van der Waals surface area contributed by atoms with E-state index in [9.17, 15) is 0 Å².